The number of hydrogen-bond donors (Lipinski definition) is 3. The minimum atomic E-state index is -0.757. The third-order valence-electron chi connectivity index (χ3n) is 6.79. The molecule has 4 aromatic rings. The molecule has 31 heavy (non-hydrogen) atoms. The molecule has 0 aromatic carbocycles. The molecular weight excluding hydrogens is 401 g/mol. The van der Waals surface area contributed by atoms with Gasteiger partial charge in [0.15, 0.2) is 11.5 Å². The van der Waals surface area contributed by atoms with Gasteiger partial charge in [0.05, 0.1) is 17.5 Å². The molecule has 4 heterocycles. The van der Waals surface area contributed by atoms with Crippen molar-refractivity contribution in [2.24, 2.45) is 17.8 Å². The van der Waals surface area contributed by atoms with Crippen LogP contribution in [0.2, 0.25) is 0 Å². The summed E-state index contributed by atoms with van der Waals surface area (Å²) in [6.07, 6.45) is 6.89. The Labute approximate surface area is 175 Å². The van der Waals surface area contributed by atoms with Crippen LogP contribution in [0.1, 0.15) is 25.7 Å². The fraction of sp³-hybridized carbons (Fsp3) is 0.381. The maximum Gasteiger partial charge on any atom is 0.308 e. The van der Waals surface area contributed by atoms with E-state index in [1.807, 2.05) is 12.1 Å². The zero-order valence-electron chi connectivity index (χ0n) is 16.5. The summed E-state index contributed by atoms with van der Waals surface area (Å²) in [7, 11) is 0. The topological polar surface area (TPSA) is 121 Å². The van der Waals surface area contributed by atoms with Gasteiger partial charge in [-0.1, -0.05) is 0 Å². The number of aromatic nitrogens is 6. The smallest absolute Gasteiger partial charge is 0.308 e. The average molecular weight is 421 g/mol. The van der Waals surface area contributed by atoms with Gasteiger partial charge < -0.3 is 10.4 Å². The number of carbonyl (C=O) groups is 1. The second kappa shape index (κ2) is 6.73. The van der Waals surface area contributed by atoms with E-state index in [1.165, 1.54) is 6.07 Å². The number of anilines is 1. The van der Waals surface area contributed by atoms with Gasteiger partial charge in [0.25, 0.3) is 0 Å². The first-order valence-corrected chi connectivity index (χ1v) is 10.4. The van der Waals surface area contributed by atoms with E-state index in [1.54, 1.807) is 10.7 Å². The van der Waals surface area contributed by atoms with Gasteiger partial charge >= 0.3 is 5.97 Å². The van der Waals surface area contributed by atoms with Crippen LogP contribution in [0.5, 0.6) is 0 Å². The molecule has 3 fully saturated rings. The first-order valence-electron chi connectivity index (χ1n) is 10.4. The van der Waals surface area contributed by atoms with Crippen molar-refractivity contribution < 1.29 is 14.3 Å². The molecule has 0 aliphatic heterocycles. The zero-order chi connectivity index (χ0) is 21.1. The minimum Gasteiger partial charge on any atom is -0.481 e. The maximum atomic E-state index is 13.8. The van der Waals surface area contributed by atoms with Crippen molar-refractivity contribution in [1.82, 2.24) is 29.8 Å². The van der Waals surface area contributed by atoms with Crippen LogP contribution < -0.4 is 5.32 Å². The highest BCUT2D eigenvalue weighted by atomic mass is 19.1. The number of nitrogens with zero attached hydrogens (tertiary/aromatic N) is 5. The summed E-state index contributed by atoms with van der Waals surface area (Å²) in [6.45, 7) is 0. The molecule has 0 spiro atoms. The Hall–Kier alpha value is -3.56. The van der Waals surface area contributed by atoms with E-state index in [2.05, 4.69) is 25.6 Å². The number of carboxylic acid groups (broad SMARTS) is 1. The Kier molecular flexibility index (Phi) is 3.95. The molecule has 7 rings (SSSR count). The number of nitrogens with one attached hydrogen (secondary N) is 2. The van der Waals surface area contributed by atoms with Crippen molar-refractivity contribution in [3.05, 3.63) is 36.4 Å². The maximum absolute atomic E-state index is 13.8. The highest BCUT2D eigenvalue weighted by Gasteiger charge is 2.47. The lowest BCUT2D eigenvalue weighted by atomic mass is 9.61. The Morgan fingerprint density at radius 2 is 2.06 bits per heavy atom. The lowest BCUT2D eigenvalue weighted by Gasteiger charge is -2.47. The van der Waals surface area contributed by atoms with Gasteiger partial charge in [-0.2, -0.15) is 5.10 Å². The van der Waals surface area contributed by atoms with Crippen LogP contribution in [0.25, 0.3) is 28.1 Å². The molecule has 3 N–H and O–H groups in total. The standard InChI is InChI=1S/C21H20FN7O2/c22-12-8-13-17(26-27-18(13)23-9-12)20-25-19(14-2-1-7-29(14)28-20)24-16-11-5-3-10(4-6-11)15(16)21(30)31/h1-2,7-11,15-16H,3-6H2,(H,30,31)(H,23,26,27)(H,24,25,28). The van der Waals surface area contributed by atoms with E-state index in [0.717, 1.165) is 37.4 Å². The fourth-order valence-corrected chi connectivity index (χ4v) is 5.36. The summed E-state index contributed by atoms with van der Waals surface area (Å²) in [4.78, 5) is 20.8. The number of carboxylic acids is 1. The Morgan fingerprint density at radius 3 is 2.87 bits per heavy atom. The van der Waals surface area contributed by atoms with Crippen LogP contribution >= 0.6 is 0 Å². The van der Waals surface area contributed by atoms with Gasteiger partial charge in [0.2, 0.25) is 5.82 Å². The number of H-pyrrole nitrogens is 1. The predicted molar refractivity (Wildman–Crippen MR) is 110 cm³/mol. The second-order valence-corrected chi connectivity index (χ2v) is 8.45. The largest absolute Gasteiger partial charge is 0.481 e. The number of rotatable bonds is 4. The lowest BCUT2D eigenvalue weighted by molar-refractivity contribution is -0.148. The average Bonchev–Trinajstić information content (AvgIpc) is 3.41. The SMILES string of the molecule is O=C(O)C1C2CCC(CC2)C1Nc1nc(-c2n[nH]c3ncc(F)cc23)nn2cccc12. The van der Waals surface area contributed by atoms with Crippen LogP contribution in [0, 0.1) is 23.6 Å². The van der Waals surface area contributed by atoms with Gasteiger partial charge in [0, 0.05) is 12.2 Å². The van der Waals surface area contributed by atoms with Crippen LogP contribution in [-0.2, 0) is 4.79 Å². The van der Waals surface area contributed by atoms with E-state index in [-0.39, 0.29) is 12.0 Å². The number of aromatic amines is 1. The van der Waals surface area contributed by atoms with Crippen molar-refractivity contribution >= 4 is 28.3 Å². The summed E-state index contributed by atoms with van der Waals surface area (Å²) in [5.41, 5.74) is 1.58. The van der Waals surface area contributed by atoms with Gasteiger partial charge in [-0.05, 0) is 55.7 Å². The van der Waals surface area contributed by atoms with Gasteiger partial charge in [0.1, 0.15) is 17.0 Å². The Morgan fingerprint density at radius 1 is 1.26 bits per heavy atom. The molecule has 2 bridgehead atoms. The third-order valence-corrected chi connectivity index (χ3v) is 6.79. The van der Waals surface area contributed by atoms with E-state index in [4.69, 9.17) is 4.98 Å². The quantitative estimate of drug-likeness (QED) is 0.463. The summed E-state index contributed by atoms with van der Waals surface area (Å²) < 4.78 is 15.5. The first-order chi connectivity index (χ1) is 15.1. The van der Waals surface area contributed by atoms with Crippen molar-refractivity contribution in [2.75, 3.05) is 5.32 Å². The molecule has 0 radical (unpaired) electrons. The number of fused-ring (bicyclic) bond motifs is 5. The molecule has 3 saturated carbocycles. The second-order valence-electron chi connectivity index (χ2n) is 8.45. The molecule has 2 atom stereocenters. The van der Waals surface area contributed by atoms with Crippen LogP contribution in [0.4, 0.5) is 10.2 Å². The first kappa shape index (κ1) is 18.2. The molecule has 3 aliphatic carbocycles. The van der Waals surface area contributed by atoms with Crippen LogP contribution in [0.3, 0.4) is 0 Å². The Balaban J connectivity index is 1.46. The third kappa shape index (κ3) is 2.85. The van der Waals surface area contributed by atoms with E-state index in [0.29, 0.717) is 34.3 Å². The zero-order valence-corrected chi connectivity index (χ0v) is 16.5. The molecular formula is C21H20FN7O2. The number of halogens is 1. The summed E-state index contributed by atoms with van der Waals surface area (Å²) >= 11 is 0. The summed E-state index contributed by atoms with van der Waals surface area (Å²) in [5, 5.41) is 25.4. The molecule has 4 aromatic heterocycles. The highest BCUT2D eigenvalue weighted by molar-refractivity contribution is 5.89. The fourth-order valence-electron chi connectivity index (χ4n) is 5.36. The molecule has 2 unspecified atom stereocenters. The highest BCUT2D eigenvalue weighted by Crippen LogP contribution is 2.46. The van der Waals surface area contributed by atoms with Crippen molar-refractivity contribution in [1.29, 1.82) is 0 Å². The van der Waals surface area contributed by atoms with Crippen molar-refractivity contribution in [3.63, 3.8) is 0 Å². The van der Waals surface area contributed by atoms with Crippen molar-refractivity contribution in [3.8, 4) is 11.5 Å². The van der Waals surface area contributed by atoms with Crippen LogP contribution in [0.15, 0.2) is 30.6 Å². The van der Waals surface area contributed by atoms with E-state index >= 15 is 0 Å². The monoisotopic (exact) mass is 421 g/mol. The van der Waals surface area contributed by atoms with E-state index < -0.39 is 17.7 Å². The Bertz CT molecular complexity index is 1310. The van der Waals surface area contributed by atoms with Gasteiger partial charge in [-0.3, -0.25) is 9.89 Å². The van der Waals surface area contributed by atoms with Gasteiger partial charge in [-0.25, -0.2) is 18.9 Å². The van der Waals surface area contributed by atoms with Crippen molar-refractivity contribution in [2.45, 2.75) is 31.7 Å². The van der Waals surface area contributed by atoms with Crippen LogP contribution in [-0.4, -0.2) is 46.9 Å². The number of hydrogen-bond acceptors (Lipinski definition) is 6. The minimum absolute atomic E-state index is 0.188. The molecule has 10 heteroatoms. The molecule has 158 valence electrons. The summed E-state index contributed by atoms with van der Waals surface area (Å²) in [5.74, 6) is -0.328. The normalized spacial score (nSPS) is 25.3. The molecule has 9 nitrogen and oxygen atoms in total. The molecule has 0 amide bonds. The molecule has 0 saturated heterocycles. The van der Waals surface area contributed by atoms with Gasteiger partial charge in [-0.15, -0.1) is 5.10 Å². The molecule has 3 aliphatic rings. The number of aliphatic carboxylic acids is 1. The van der Waals surface area contributed by atoms with E-state index in [9.17, 15) is 14.3 Å². The summed E-state index contributed by atoms with van der Waals surface area (Å²) in [6, 6.07) is 4.89. The number of pyridine rings is 1. The lowest BCUT2D eigenvalue weighted by Crippen LogP contribution is -2.51. The predicted octanol–water partition coefficient (Wildman–Crippen LogP) is 3.11.